The first-order chi connectivity index (χ1) is 37.7. The summed E-state index contributed by atoms with van der Waals surface area (Å²) in [4.78, 5) is 5.03. The van der Waals surface area contributed by atoms with Gasteiger partial charge in [-0.05, 0) is 145 Å². The van der Waals surface area contributed by atoms with Gasteiger partial charge in [0.05, 0.1) is 22.5 Å². The van der Waals surface area contributed by atoms with Crippen LogP contribution in [0.5, 0.6) is 0 Å². The molecule has 0 saturated carbocycles. The van der Waals surface area contributed by atoms with Gasteiger partial charge >= 0.3 is 0 Å². The molecule has 1 spiro atoms. The van der Waals surface area contributed by atoms with Gasteiger partial charge in [-0.2, -0.15) is 0 Å². The normalized spacial score (nSPS) is 14.3. The standard InChI is InChI=1S/C73H46N2S/c1-3-21-47(22-4-1)48-23-19-26-50(43-48)74(69-39-20-35-60-54-29-9-8-28-53(54)58-33-13-17-38-68(58)75(72(60)69)49-24-5-2-6-25-49)51-41-42-66-61(44-51)55-30-10-7-27-52(55)56-31-11-15-36-64(56)73(66)65-37-16-12-32-57(65)62-46-71-63(45-67(62)73)59-34-14-18-40-70(59)76-71/h1-46H. The van der Waals surface area contributed by atoms with Gasteiger partial charge in [0.2, 0.25) is 0 Å². The third-order valence-electron chi connectivity index (χ3n) is 16.4. The Balaban J connectivity index is 1.03. The van der Waals surface area contributed by atoms with Crippen molar-refractivity contribution in [2.45, 2.75) is 5.41 Å². The third-order valence-corrected chi connectivity index (χ3v) is 17.5. The second-order valence-corrected chi connectivity index (χ2v) is 21.4. The van der Waals surface area contributed by atoms with Crippen LogP contribution in [0.4, 0.5) is 34.1 Å². The van der Waals surface area contributed by atoms with E-state index in [1.54, 1.807) is 0 Å². The Hall–Kier alpha value is -9.54. The maximum atomic E-state index is 2.56. The highest BCUT2D eigenvalue weighted by molar-refractivity contribution is 7.25. The maximum absolute atomic E-state index is 2.56. The first-order valence-corrected chi connectivity index (χ1v) is 27.1. The van der Waals surface area contributed by atoms with Crippen molar-refractivity contribution in [1.82, 2.24) is 0 Å². The fourth-order valence-electron chi connectivity index (χ4n) is 13.3. The van der Waals surface area contributed by atoms with Crippen LogP contribution >= 0.6 is 11.3 Å². The van der Waals surface area contributed by atoms with Gasteiger partial charge in [-0.3, -0.25) is 0 Å². The number of hydrogen-bond donors (Lipinski definition) is 0. The van der Waals surface area contributed by atoms with Gasteiger partial charge in [-0.1, -0.05) is 212 Å². The third kappa shape index (κ3) is 6.15. The van der Waals surface area contributed by atoms with Crippen LogP contribution in [0.25, 0.3) is 86.9 Å². The van der Waals surface area contributed by atoms with E-state index in [0.717, 1.165) is 39.7 Å². The van der Waals surface area contributed by atoms with Crippen LogP contribution in [-0.4, -0.2) is 0 Å². The van der Waals surface area contributed by atoms with E-state index >= 15 is 0 Å². The van der Waals surface area contributed by atoms with Crippen LogP contribution in [0.15, 0.2) is 279 Å². The van der Waals surface area contributed by atoms with Crippen LogP contribution in [0, 0.1) is 0 Å². The molecule has 16 rings (SSSR count). The number of benzene rings is 12. The van der Waals surface area contributed by atoms with Gasteiger partial charge in [0.15, 0.2) is 0 Å². The van der Waals surface area contributed by atoms with Crippen LogP contribution in [-0.2, 0) is 5.41 Å². The quantitative estimate of drug-likeness (QED) is 0.170. The van der Waals surface area contributed by atoms with Gasteiger partial charge in [0.1, 0.15) is 0 Å². The summed E-state index contributed by atoms with van der Waals surface area (Å²) < 4.78 is 2.63. The zero-order chi connectivity index (χ0) is 49.9. The molecule has 2 heterocycles. The molecule has 0 amide bonds. The van der Waals surface area contributed by atoms with Crippen LogP contribution in [0.3, 0.4) is 0 Å². The summed E-state index contributed by atoms with van der Waals surface area (Å²) in [5, 5.41) is 2.62. The molecule has 3 aliphatic rings. The summed E-state index contributed by atoms with van der Waals surface area (Å²) in [5.41, 5.74) is 25.7. The lowest BCUT2D eigenvalue weighted by Gasteiger charge is -2.37. The maximum Gasteiger partial charge on any atom is 0.0781 e. The van der Waals surface area contributed by atoms with E-state index in [-0.39, 0.29) is 0 Å². The van der Waals surface area contributed by atoms with Crippen molar-refractivity contribution in [2.24, 2.45) is 0 Å². The summed E-state index contributed by atoms with van der Waals surface area (Å²) in [6.45, 7) is 0. The van der Waals surface area contributed by atoms with E-state index in [1.807, 2.05) is 11.3 Å². The highest BCUT2D eigenvalue weighted by Gasteiger charge is 2.50. The van der Waals surface area contributed by atoms with E-state index < -0.39 is 5.41 Å². The molecule has 1 atom stereocenters. The smallest absolute Gasteiger partial charge is 0.0781 e. The Bertz CT molecular complexity index is 4490. The average Bonchev–Trinajstić information content (AvgIpc) is 4.15. The molecule has 13 aromatic rings. The van der Waals surface area contributed by atoms with E-state index in [9.17, 15) is 0 Å². The Morgan fingerprint density at radius 1 is 0.303 bits per heavy atom. The minimum Gasteiger partial charge on any atom is -0.308 e. The molecule has 0 fully saturated rings. The predicted octanol–water partition coefficient (Wildman–Crippen LogP) is 20.3. The van der Waals surface area contributed by atoms with Crippen molar-refractivity contribution in [1.29, 1.82) is 0 Å². The Morgan fingerprint density at radius 3 is 1.59 bits per heavy atom. The van der Waals surface area contributed by atoms with Crippen molar-refractivity contribution in [3.05, 3.63) is 301 Å². The molecule has 76 heavy (non-hydrogen) atoms. The van der Waals surface area contributed by atoms with Crippen molar-refractivity contribution in [2.75, 3.05) is 9.80 Å². The minimum atomic E-state index is -0.647. The van der Waals surface area contributed by atoms with Gasteiger partial charge in [-0.25, -0.2) is 0 Å². The zero-order valence-corrected chi connectivity index (χ0v) is 42.2. The molecule has 2 nitrogen and oxygen atoms in total. The SMILES string of the molecule is c1ccc(-c2cccc(N(c3ccc4c(c3)-c3ccccc3-c3ccccc3C43c4ccccc4-c4cc5sc6ccccc6c5cc43)c3cccc4c3N(c3ccccc3)c3ccccc3-c3ccccc3-4)c2)cc1. The second-order valence-electron chi connectivity index (χ2n) is 20.3. The molecule has 0 radical (unpaired) electrons. The Labute approximate surface area is 446 Å². The van der Waals surface area contributed by atoms with E-state index in [4.69, 9.17) is 0 Å². The fraction of sp³-hybridized carbons (Fsp3) is 0.0137. The van der Waals surface area contributed by atoms with Gasteiger partial charge < -0.3 is 9.80 Å². The molecule has 1 unspecified atom stereocenters. The number of anilines is 6. The molecule has 2 aliphatic carbocycles. The predicted molar refractivity (Wildman–Crippen MR) is 320 cm³/mol. The topological polar surface area (TPSA) is 6.48 Å². The molecule has 1 aromatic heterocycles. The fourth-order valence-corrected chi connectivity index (χ4v) is 14.4. The molecule has 0 saturated heterocycles. The van der Waals surface area contributed by atoms with Crippen molar-refractivity contribution < 1.29 is 0 Å². The van der Waals surface area contributed by atoms with E-state index in [1.165, 1.54) is 104 Å². The lowest BCUT2D eigenvalue weighted by Crippen LogP contribution is -2.29. The molecular weight excluding hydrogens is 937 g/mol. The van der Waals surface area contributed by atoms with Crippen molar-refractivity contribution >= 4 is 65.6 Å². The highest BCUT2D eigenvalue weighted by Crippen LogP contribution is 2.64. The lowest BCUT2D eigenvalue weighted by atomic mass is 9.65. The van der Waals surface area contributed by atoms with Gasteiger partial charge in [0.25, 0.3) is 0 Å². The highest BCUT2D eigenvalue weighted by atomic mass is 32.1. The average molecular weight is 983 g/mol. The van der Waals surface area contributed by atoms with Gasteiger partial charge in [-0.15, -0.1) is 11.3 Å². The number of para-hydroxylation sites is 3. The number of rotatable bonds is 5. The number of thiophene rings is 1. The van der Waals surface area contributed by atoms with E-state index in [2.05, 4.69) is 289 Å². The van der Waals surface area contributed by atoms with Crippen molar-refractivity contribution in [3.8, 4) is 66.8 Å². The molecule has 12 aromatic carbocycles. The molecule has 3 heteroatoms. The van der Waals surface area contributed by atoms with E-state index in [0.29, 0.717) is 0 Å². The number of hydrogen-bond acceptors (Lipinski definition) is 3. The summed E-state index contributed by atoms with van der Waals surface area (Å²) in [6, 6.07) is 105. The number of nitrogens with zero attached hydrogens (tertiary/aromatic N) is 2. The van der Waals surface area contributed by atoms with Gasteiger partial charge in [0, 0.05) is 48.4 Å². The summed E-state index contributed by atoms with van der Waals surface area (Å²) >= 11 is 1.90. The molecule has 0 N–H and O–H groups in total. The molecule has 1 aliphatic heterocycles. The van der Waals surface area contributed by atoms with Crippen LogP contribution < -0.4 is 9.80 Å². The minimum absolute atomic E-state index is 0.647. The molecule has 0 bridgehead atoms. The summed E-state index contributed by atoms with van der Waals surface area (Å²) in [6.07, 6.45) is 0. The zero-order valence-electron chi connectivity index (χ0n) is 41.4. The largest absolute Gasteiger partial charge is 0.308 e. The van der Waals surface area contributed by atoms with Crippen molar-refractivity contribution in [3.63, 3.8) is 0 Å². The molecule has 354 valence electrons. The molecular formula is C73H46N2S. The van der Waals surface area contributed by atoms with Crippen LogP contribution in [0.1, 0.15) is 22.3 Å². The Morgan fingerprint density at radius 2 is 0.829 bits per heavy atom. The first kappa shape index (κ1) is 42.9. The summed E-state index contributed by atoms with van der Waals surface area (Å²) in [5.74, 6) is 0. The summed E-state index contributed by atoms with van der Waals surface area (Å²) in [7, 11) is 0. The first-order valence-electron chi connectivity index (χ1n) is 26.2. The lowest BCUT2D eigenvalue weighted by molar-refractivity contribution is 0.776. The monoisotopic (exact) mass is 982 g/mol. The van der Waals surface area contributed by atoms with Crippen LogP contribution in [0.2, 0.25) is 0 Å². The number of fused-ring (bicyclic) bond motifs is 20. The Kier molecular flexibility index (Phi) is 9.45. The second kappa shape index (κ2) is 16.7.